The maximum absolute atomic E-state index is 12.1. The first-order valence-corrected chi connectivity index (χ1v) is 6.45. The summed E-state index contributed by atoms with van der Waals surface area (Å²) in [6.45, 7) is 7.30. The molecular weight excluding hydrogens is 282 g/mol. The monoisotopic (exact) mass is 301 g/mol. The van der Waals surface area contributed by atoms with Crippen LogP contribution in [0.2, 0.25) is 0 Å². The molecule has 112 valence electrons. The molecule has 0 radical (unpaired) electrons. The maximum atomic E-state index is 12.1. The lowest BCUT2D eigenvalue weighted by atomic mass is 10.4. The molecule has 7 nitrogen and oxygen atoms in total. The topological polar surface area (TPSA) is 75.9 Å². The quantitative estimate of drug-likeness (QED) is 0.855. The summed E-state index contributed by atoms with van der Waals surface area (Å²) in [5.41, 5.74) is 0.148. The normalized spacial score (nSPS) is 11.0. The molecule has 0 aliphatic carbocycles. The van der Waals surface area contributed by atoms with Crippen LogP contribution in [-0.4, -0.2) is 43.6 Å². The zero-order chi connectivity index (χ0) is 14.0. The van der Waals surface area contributed by atoms with Gasteiger partial charge in [0.1, 0.15) is 5.52 Å². The molecule has 2 aromatic heterocycles. The van der Waals surface area contributed by atoms with Gasteiger partial charge in [-0.2, -0.15) is 0 Å². The number of halogens is 1. The van der Waals surface area contributed by atoms with Gasteiger partial charge in [-0.05, 0) is 13.1 Å². The first kappa shape index (κ1) is 16.5. The Morgan fingerprint density at radius 2 is 1.95 bits per heavy atom. The second-order valence-electron chi connectivity index (χ2n) is 4.43. The van der Waals surface area contributed by atoms with Crippen molar-refractivity contribution in [1.82, 2.24) is 24.0 Å². The van der Waals surface area contributed by atoms with E-state index in [0.717, 1.165) is 24.2 Å². The van der Waals surface area contributed by atoms with Crippen LogP contribution in [0.5, 0.6) is 0 Å². The molecule has 2 aromatic rings. The number of fused-ring (bicyclic) bond motifs is 1. The minimum atomic E-state index is -0.336. The zero-order valence-corrected chi connectivity index (χ0v) is 12.7. The van der Waals surface area contributed by atoms with Crippen molar-refractivity contribution in [3.8, 4) is 0 Å². The molecule has 20 heavy (non-hydrogen) atoms. The van der Waals surface area contributed by atoms with E-state index in [1.807, 2.05) is 0 Å². The average molecular weight is 302 g/mol. The molecule has 0 aromatic carbocycles. The molecule has 1 N–H and O–H groups in total. The second-order valence-corrected chi connectivity index (χ2v) is 4.43. The Kier molecular flexibility index (Phi) is 5.52. The molecule has 0 spiro atoms. The van der Waals surface area contributed by atoms with Crippen LogP contribution in [0.15, 0.2) is 15.9 Å². The number of hydrogen-bond donors (Lipinski definition) is 1. The van der Waals surface area contributed by atoms with Gasteiger partial charge in [-0.1, -0.05) is 13.8 Å². The van der Waals surface area contributed by atoms with E-state index in [4.69, 9.17) is 0 Å². The molecular formula is C12H20ClN5O2. The fourth-order valence-corrected chi connectivity index (χ4v) is 2.16. The van der Waals surface area contributed by atoms with Gasteiger partial charge in [-0.15, -0.1) is 12.4 Å². The van der Waals surface area contributed by atoms with Crippen molar-refractivity contribution in [3.63, 3.8) is 0 Å². The van der Waals surface area contributed by atoms with Crippen molar-refractivity contribution in [1.29, 1.82) is 0 Å². The Morgan fingerprint density at radius 1 is 1.30 bits per heavy atom. The van der Waals surface area contributed by atoms with E-state index in [1.54, 1.807) is 4.57 Å². The van der Waals surface area contributed by atoms with Crippen LogP contribution in [0.1, 0.15) is 13.8 Å². The van der Waals surface area contributed by atoms with E-state index >= 15 is 0 Å². The fraction of sp³-hybridized carbons (Fsp3) is 0.583. The van der Waals surface area contributed by atoms with Gasteiger partial charge in [-0.25, -0.2) is 9.78 Å². The van der Waals surface area contributed by atoms with Crippen LogP contribution >= 0.6 is 12.4 Å². The maximum Gasteiger partial charge on any atom is 0.332 e. The highest BCUT2D eigenvalue weighted by atomic mass is 35.5. The summed E-state index contributed by atoms with van der Waals surface area (Å²) >= 11 is 0. The van der Waals surface area contributed by atoms with Crippen molar-refractivity contribution in [3.05, 3.63) is 27.2 Å². The van der Waals surface area contributed by atoms with Crippen LogP contribution < -0.4 is 11.2 Å². The number of rotatable bonds is 5. The third kappa shape index (κ3) is 2.78. The van der Waals surface area contributed by atoms with E-state index in [-0.39, 0.29) is 23.7 Å². The van der Waals surface area contributed by atoms with Crippen molar-refractivity contribution in [2.24, 2.45) is 7.05 Å². The highest BCUT2D eigenvalue weighted by Gasteiger charge is 2.13. The standard InChI is InChI=1S/C12H19N5O2.ClH/c1-4-16(5-2)6-7-17-10-9(13-8-14-10)11(18)15(3)12(17)19;/h8H,4-7H2,1-3H3,(H,13,14);1H. The molecule has 0 amide bonds. The van der Waals surface area contributed by atoms with Gasteiger partial charge < -0.3 is 9.88 Å². The van der Waals surface area contributed by atoms with Gasteiger partial charge in [0, 0.05) is 20.1 Å². The summed E-state index contributed by atoms with van der Waals surface area (Å²) in [7, 11) is 1.48. The van der Waals surface area contributed by atoms with Crippen LogP contribution in [0.25, 0.3) is 11.2 Å². The zero-order valence-electron chi connectivity index (χ0n) is 11.9. The van der Waals surface area contributed by atoms with E-state index < -0.39 is 0 Å². The van der Waals surface area contributed by atoms with Crippen LogP contribution in [0.4, 0.5) is 0 Å². The molecule has 0 unspecified atom stereocenters. The molecule has 0 atom stereocenters. The van der Waals surface area contributed by atoms with E-state index in [1.165, 1.54) is 13.4 Å². The molecule has 2 heterocycles. The van der Waals surface area contributed by atoms with Crippen molar-refractivity contribution in [2.75, 3.05) is 19.6 Å². The van der Waals surface area contributed by atoms with Crippen LogP contribution in [0.3, 0.4) is 0 Å². The molecule has 2 rings (SSSR count). The Balaban J connectivity index is 0.00000200. The molecule has 0 saturated heterocycles. The second kappa shape index (κ2) is 6.71. The van der Waals surface area contributed by atoms with E-state index in [2.05, 4.69) is 28.7 Å². The number of hydrogen-bond acceptors (Lipinski definition) is 4. The highest BCUT2D eigenvalue weighted by Crippen LogP contribution is 2.01. The number of aromatic nitrogens is 4. The third-order valence-corrected chi connectivity index (χ3v) is 3.45. The van der Waals surface area contributed by atoms with Crippen LogP contribution in [-0.2, 0) is 13.6 Å². The number of nitrogens with zero attached hydrogens (tertiary/aromatic N) is 4. The minimum absolute atomic E-state index is 0. The van der Waals surface area contributed by atoms with Gasteiger partial charge >= 0.3 is 5.69 Å². The van der Waals surface area contributed by atoms with Crippen molar-refractivity contribution < 1.29 is 0 Å². The van der Waals surface area contributed by atoms with Gasteiger partial charge in [0.25, 0.3) is 5.56 Å². The predicted octanol–water partition coefficient (Wildman–Crippen LogP) is 0.187. The smallest absolute Gasteiger partial charge is 0.332 e. The molecule has 0 aliphatic heterocycles. The summed E-state index contributed by atoms with van der Waals surface area (Å²) < 4.78 is 2.66. The Bertz CT molecular complexity index is 683. The van der Waals surface area contributed by atoms with Crippen molar-refractivity contribution >= 4 is 23.6 Å². The number of likely N-dealkylation sites (N-methyl/N-ethyl adjacent to an activating group) is 1. The lowest BCUT2D eigenvalue weighted by Crippen LogP contribution is -2.40. The highest BCUT2D eigenvalue weighted by molar-refractivity contribution is 5.85. The summed E-state index contributed by atoms with van der Waals surface area (Å²) in [6, 6.07) is 0. The number of nitrogens with one attached hydrogen (secondary N) is 1. The van der Waals surface area contributed by atoms with Crippen LogP contribution in [0, 0.1) is 0 Å². The molecule has 0 bridgehead atoms. The lowest BCUT2D eigenvalue weighted by Gasteiger charge is -2.18. The summed E-state index contributed by atoms with van der Waals surface area (Å²) in [6.07, 6.45) is 1.44. The Labute approximate surface area is 122 Å². The number of H-pyrrole nitrogens is 1. The minimum Gasteiger partial charge on any atom is -0.339 e. The summed E-state index contributed by atoms with van der Waals surface area (Å²) in [5, 5.41) is 0. The van der Waals surface area contributed by atoms with Gasteiger partial charge in [-0.3, -0.25) is 13.9 Å². The lowest BCUT2D eigenvalue weighted by molar-refractivity contribution is 0.289. The summed E-state index contributed by atoms with van der Waals surface area (Å²) in [4.78, 5) is 33.1. The average Bonchev–Trinajstić information content (AvgIpc) is 2.90. The Morgan fingerprint density at radius 3 is 2.55 bits per heavy atom. The first-order valence-electron chi connectivity index (χ1n) is 6.45. The number of aromatic amines is 1. The van der Waals surface area contributed by atoms with Gasteiger partial charge in [0.2, 0.25) is 0 Å². The Hall–Kier alpha value is -1.60. The predicted molar refractivity (Wildman–Crippen MR) is 80.6 cm³/mol. The van der Waals surface area contributed by atoms with E-state index in [0.29, 0.717) is 17.7 Å². The van der Waals surface area contributed by atoms with Gasteiger partial charge in [0.05, 0.1) is 6.33 Å². The first-order chi connectivity index (χ1) is 9.10. The van der Waals surface area contributed by atoms with Gasteiger partial charge in [0.15, 0.2) is 5.65 Å². The fourth-order valence-electron chi connectivity index (χ4n) is 2.16. The van der Waals surface area contributed by atoms with Crippen molar-refractivity contribution in [2.45, 2.75) is 20.4 Å². The largest absolute Gasteiger partial charge is 0.339 e. The SMILES string of the molecule is CCN(CC)CCn1c(=O)n(C)c(=O)c2[nH]cnc21.Cl. The van der Waals surface area contributed by atoms with E-state index in [9.17, 15) is 9.59 Å². The third-order valence-electron chi connectivity index (χ3n) is 3.45. The molecule has 8 heteroatoms. The molecule has 0 aliphatic rings. The molecule has 0 saturated carbocycles. The summed E-state index contributed by atoms with van der Waals surface area (Å²) in [5.74, 6) is 0. The molecule has 0 fully saturated rings. The number of imidazole rings is 1.